The Morgan fingerprint density at radius 3 is 2.65 bits per heavy atom. The fourth-order valence-corrected chi connectivity index (χ4v) is 2.62. The van der Waals surface area contributed by atoms with E-state index in [0.717, 1.165) is 42.3 Å². The van der Waals surface area contributed by atoms with Crippen LogP contribution in [0.25, 0.3) is 0 Å². The van der Waals surface area contributed by atoms with Crippen molar-refractivity contribution in [1.82, 2.24) is 5.32 Å². The lowest BCUT2D eigenvalue weighted by atomic mass is 9.93. The molecule has 3 nitrogen and oxygen atoms in total. The summed E-state index contributed by atoms with van der Waals surface area (Å²) in [5.41, 5.74) is 1.07. The molecule has 0 aliphatic heterocycles. The van der Waals surface area contributed by atoms with Crippen LogP contribution >= 0.6 is 15.9 Å². The largest absolute Gasteiger partial charge is 0.508 e. The predicted octanol–water partition coefficient (Wildman–Crippen LogP) is 2.55. The Morgan fingerprint density at radius 1 is 1.24 bits per heavy atom. The van der Waals surface area contributed by atoms with Crippen molar-refractivity contribution in [1.29, 1.82) is 0 Å². The Kier molecular flexibility index (Phi) is 4.42. The van der Waals surface area contributed by atoms with Gasteiger partial charge in [0.05, 0.1) is 6.10 Å². The van der Waals surface area contributed by atoms with E-state index in [1.165, 1.54) is 0 Å². The highest BCUT2D eigenvalue weighted by Gasteiger charge is 2.18. The van der Waals surface area contributed by atoms with Gasteiger partial charge in [-0.3, -0.25) is 0 Å². The van der Waals surface area contributed by atoms with E-state index >= 15 is 0 Å². The first-order valence-corrected chi connectivity index (χ1v) is 6.83. The third-order valence-corrected chi connectivity index (χ3v) is 4.08. The average molecular weight is 300 g/mol. The van der Waals surface area contributed by atoms with Gasteiger partial charge in [0.1, 0.15) is 5.75 Å². The van der Waals surface area contributed by atoms with Gasteiger partial charge < -0.3 is 15.5 Å². The van der Waals surface area contributed by atoms with Gasteiger partial charge in [-0.15, -0.1) is 0 Å². The molecule has 0 atom stereocenters. The minimum absolute atomic E-state index is 0.111. The summed E-state index contributed by atoms with van der Waals surface area (Å²) in [5.74, 6) is 0.295. The molecule has 0 unspecified atom stereocenters. The van der Waals surface area contributed by atoms with E-state index in [-0.39, 0.29) is 6.10 Å². The number of phenolic OH excluding ortho intramolecular Hbond substituents is 1. The highest BCUT2D eigenvalue weighted by atomic mass is 79.9. The molecule has 3 N–H and O–H groups in total. The molecule has 1 saturated carbocycles. The van der Waals surface area contributed by atoms with E-state index < -0.39 is 0 Å². The lowest BCUT2D eigenvalue weighted by Crippen LogP contribution is -2.34. The van der Waals surface area contributed by atoms with Crippen LogP contribution in [0, 0.1) is 0 Å². The molecule has 1 fully saturated rings. The van der Waals surface area contributed by atoms with Gasteiger partial charge in [0.15, 0.2) is 0 Å². The highest BCUT2D eigenvalue weighted by molar-refractivity contribution is 9.10. The predicted molar refractivity (Wildman–Crippen MR) is 70.9 cm³/mol. The van der Waals surface area contributed by atoms with Gasteiger partial charge in [0, 0.05) is 17.1 Å². The Labute approximate surface area is 110 Å². The van der Waals surface area contributed by atoms with Crippen molar-refractivity contribution < 1.29 is 10.2 Å². The van der Waals surface area contributed by atoms with Gasteiger partial charge >= 0.3 is 0 Å². The molecule has 94 valence electrons. The van der Waals surface area contributed by atoms with Crippen LogP contribution in [-0.2, 0) is 6.54 Å². The summed E-state index contributed by atoms with van der Waals surface area (Å²) in [4.78, 5) is 0. The minimum Gasteiger partial charge on any atom is -0.508 e. The number of hydrogen-bond acceptors (Lipinski definition) is 3. The molecule has 0 saturated heterocycles. The standard InChI is InChI=1S/C13H18BrNO2/c14-13-6-5-12(17)7-9(13)8-15-10-1-3-11(16)4-2-10/h5-7,10-11,15-17H,1-4,8H2/t10-,11-. The van der Waals surface area contributed by atoms with Gasteiger partial charge in [-0.25, -0.2) is 0 Å². The fourth-order valence-electron chi connectivity index (χ4n) is 2.23. The van der Waals surface area contributed by atoms with Crippen molar-refractivity contribution in [3.63, 3.8) is 0 Å². The van der Waals surface area contributed by atoms with E-state index in [2.05, 4.69) is 21.2 Å². The Bertz CT molecular complexity index is 376. The van der Waals surface area contributed by atoms with Crippen LogP contribution in [0.2, 0.25) is 0 Å². The van der Waals surface area contributed by atoms with Crippen LogP contribution in [-0.4, -0.2) is 22.4 Å². The fraction of sp³-hybridized carbons (Fsp3) is 0.538. The van der Waals surface area contributed by atoms with Gasteiger partial charge in [0.2, 0.25) is 0 Å². The molecular weight excluding hydrogens is 282 g/mol. The summed E-state index contributed by atoms with van der Waals surface area (Å²) in [6.45, 7) is 0.746. The number of aliphatic hydroxyl groups excluding tert-OH is 1. The quantitative estimate of drug-likeness (QED) is 0.804. The van der Waals surface area contributed by atoms with Crippen LogP contribution in [0.1, 0.15) is 31.2 Å². The topological polar surface area (TPSA) is 52.5 Å². The number of nitrogens with one attached hydrogen (secondary N) is 1. The molecule has 1 aromatic rings. The maximum atomic E-state index is 9.43. The van der Waals surface area contributed by atoms with Crippen molar-refractivity contribution in [3.8, 4) is 5.75 Å². The van der Waals surface area contributed by atoms with Crippen LogP contribution in [0.15, 0.2) is 22.7 Å². The summed E-state index contributed by atoms with van der Waals surface area (Å²) in [5, 5.41) is 22.3. The third-order valence-electron chi connectivity index (χ3n) is 3.31. The molecule has 1 aromatic carbocycles. The van der Waals surface area contributed by atoms with E-state index in [1.54, 1.807) is 12.1 Å². The Hall–Kier alpha value is -0.580. The second kappa shape index (κ2) is 5.85. The van der Waals surface area contributed by atoms with Crippen LogP contribution in [0.3, 0.4) is 0 Å². The normalized spacial score (nSPS) is 24.8. The molecule has 0 spiro atoms. The first-order chi connectivity index (χ1) is 8.15. The van der Waals surface area contributed by atoms with Gasteiger partial charge in [-0.1, -0.05) is 15.9 Å². The number of aliphatic hydroxyl groups is 1. The van der Waals surface area contributed by atoms with Gasteiger partial charge in [-0.2, -0.15) is 0 Å². The van der Waals surface area contributed by atoms with E-state index in [0.29, 0.717) is 11.8 Å². The number of aromatic hydroxyl groups is 1. The van der Waals surface area contributed by atoms with Gasteiger partial charge in [-0.05, 0) is 49.4 Å². The van der Waals surface area contributed by atoms with Crippen LogP contribution in [0.4, 0.5) is 0 Å². The summed E-state index contributed by atoms with van der Waals surface area (Å²) < 4.78 is 1.01. The van der Waals surface area contributed by atoms with E-state index in [4.69, 9.17) is 0 Å². The molecule has 4 heteroatoms. The maximum Gasteiger partial charge on any atom is 0.115 e. The molecule has 0 radical (unpaired) electrons. The van der Waals surface area contributed by atoms with Gasteiger partial charge in [0.25, 0.3) is 0 Å². The first-order valence-electron chi connectivity index (χ1n) is 6.04. The van der Waals surface area contributed by atoms with Crippen LogP contribution < -0.4 is 5.32 Å². The summed E-state index contributed by atoms with van der Waals surface area (Å²) in [6, 6.07) is 5.78. The lowest BCUT2D eigenvalue weighted by molar-refractivity contribution is 0.116. The smallest absolute Gasteiger partial charge is 0.115 e. The molecule has 17 heavy (non-hydrogen) atoms. The zero-order valence-corrected chi connectivity index (χ0v) is 11.3. The second-order valence-electron chi connectivity index (χ2n) is 4.66. The lowest BCUT2D eigenvalue weighted by Gasteiger charge is -2.26. The maximum absolute atomic E-state index is 9.43. The van der Waals surface area contributed by atoms with Crippen molar-refractivity contribution in [2.24, 2.45) is 0 Å². The van der Waals surface area contributed by atoms with E-state index in [1.807, 2.05) is 6.07 Å². The number of rotatable bonds is 3. The van der Waals surface area contributed by atoms with E-state index in [9.17, 15) is 10.2 Å². The van der Waals surface area contributed by atoms with Crippen LogP contribution in [0.5, 0.6) is 5.75 Å². The Morgan fingerprint density at radius 2 is 1.94 bits per heavy atom. The Balaban J connectivity index is 1.87. The summed E-state index contributed by atoms with van der Waals surface area (Å²) in [7, 11) is 0. The SMILES string of the molecule is Oc1ccc(Br)c(CN[C@H]2CC[C@H](O)CC2)c1. The van der Waals surface area contributed by atoms with Crippen molar-refractivity contribution in [3.05, 3.63) is 28.2 Å². The van der Waals surface area contributed by atoms with Crippen molar-refractivity contribution in [2.45, 2.75) is 44.4 Å². The number of phenols is 1. The molecule has 2 rings (SSSR count). The minimum atomic E-state index is -0.111. The first kappa shape index (κ1) is 12.9. The number of halogens is 1. The molecule has 0 aromatic heterocycles. The van der Waals surface area contributed by atoms with Crippen molar-refractivity contribution in [2.75, 3.05) is 0 Å². The zero-order chi connectivity index (χ0) is 12.3. The highest BCUT2D eigenvalue weighted by Crippen LogP contribution is 2.23. The molecular formula is C13H18BrNO2. The third kappa shape index (κ3) is 3.69. The molecule has 0 heterocycles. The monoisotopic (exact) mass is 299 g/mol. The molecule has 0 amide bonds. The average Bonchev–Trinajstić information content (AvgIpc) is 2.32. The molecule has 1 aliphatic rings. The summed E-state index contributed by atoms with van der Waals surface area (Å²) in [6.07, 6.45) is 3.72. The molecule has 0 bridgehead atoms. The summed E-state index contributed by atoms with van der Waals surface area (Å²) >= 11 is 3.47. The molecule has 1 aliphatic carbocycles. The zero-order valence-electron chi connectivity index (χ0n) is 9.69. The number of hydrogen-bond donors (Lipinski definition) is 3. The van der Waals surface area contributed by atoms with Crippen molar-refractivity contribution >= 4 is 15.9 Å². The second-order valence-corrected chi connectivity index (χ2v) is 5.52. The number of benzene rings is 1.